The van der Waals surface area contributed by atoms with Crippen molar-refractivity contribution in [3.8, 4) is 0 Å². The highest BCUT2D eigenvalue weighted by atomic mass is 19.1. The third-order valence-corrected chi connectivity index (χ3v) is 3.05. The molecular weight excluding hydrogens is 257 g/mol. The van der Waals surface area contributed by atoms with E-state index in [4.69, 9.17) is 0 Å². The molecule has 2 aromatic carbocycles. The average Bonchev–Trinajstić information content (AvgIpc) is 2.47. The van der Waals surface area contributed by atoms with E-state index in [1.54, 1.807) is 11.0 Å². The summed E-state index contributed by atoms with van der Waals surface area (Å²) >= 11 is 0. The van der Waals surface area contributed by atoms with Gasteiger partial charge in [-0.15, -0.1) is 0 Å². The van der Waals surface area contributed by atoms with Crippen LogP contribution < -0.4 is 4.90 Å². The molecule has 2 aromatic rings. The van der Waals surface area contributed by atoms with Crippen LogP contribution in [-0.2, 0) is 6.54 Å². The van der Waals surface area contributed by atoms with E-state index in [9.17, 15) is 14.3 Å². The number of para-hydroxylation sites is 1. The van der Waals surface area contributed by atoms with Gasteiger partial charge in [0, 0.05) is 18.7 Å². The van der Waals surface area contributed by atoms with Crippen LogP contribution in [0.2, 0.25) is 0 Å². The number of aldehydes is 1. The largest absolute Gasteiger partial charge is 0.395 e. The summed E-state index contributed by atoms with van der Waals surface area (Å²) in [6.07, 6.45) is 0.633. The van der Waals surface area contributed by atoms with E-state index in [2.05, 4.69) is 0 Å². The van der Waals surface area contributed by atoms with E-state index in [1.165, 1.54) is 12.1 Å². The number of aliphatic hydroxyl groups excluding tert-OH is 1. The first-order valence-electron chi connectivity index (χ1n) is 6.39. The molecule has 0 aliphatic carbocycles. The Hall–Kier alpha value is -2.20. The Morgan fingerprint density at radius 1 is 1.10 bits per heavy atom. The molecule has 0 fully saturated rings. The molecule has 0 heterocycles. The summed E-state index contributed by atoms with van der Waals surface area (Å²) < 4.78 is 14.0. The Bertz CT molecular complexity index is 572. The first-order chi connectivity index (χ1) is 9.76. The van der Waals surface area contributed by atoms with E-state index in [1.807, 2.05) is 30.3 Å². The van der Waals surface area contributed by atoms with Crippen LogP contribution in [0.3, 0.4) is 0 Å². The maximum Gasteiger partial charge on any atom is 0.152 e. The van der Waals surface area contributed by atoms with Crippen LogP contribution in [0.1, 0.15) is 15.9 Å². The molecule has 3 nitrogen and oxygen atoms in total. The molecule has 1 N–H and O–H groups in total. The number of aliphatic hydroxyl groups is 1. The van der Waals surface area contributed by atoms with Crippen LogP contribution >= 0.6 is 0 Å². The van der Waals surface area contributed by atoms with Gasteiger partial charge in [-0.05, 0) is 17.7 Å². The van der Waals surface area contributed by atoms with Gasteiger partial charge in [-0.1, -0.05) is 36.4 Å². The molecule has 0 saturated carbocycles. The lowest BCUT2D eigenvalue weighted by atomic mass is 10.1. The Balaban J connectivity index is 2.36. The zero-order chi connectivity index (χ0) is 14.4. The molecule has 0 saturated heterocycles. The van der Waals surface area contributed by atoms with Gasteiger partial charge in [0.05, 0.1) is 12.3 Å². The van der Waals surface area contributed by atoms with Gasteiger partial charge in [0.2, 0.25) is 0 Å². The SMILES string of the molecule is O=Cc1cccc(F)c1N(CCO)Cc1ccccc1. The second-order valence-electron chi connectivity index (χ2n) is 4.43. The van der Waals surface area contributed by atoms with Crippen molar-refractivity contribution in [1.82, 2.24) is 0 Å². The molecule has 0 unspecified atom stereocenters. The summed E-state index contributed by atoms with van der Waals surface area (Å²) in [5, 5.41) is 9.18. The molecule has 0 aliphatic rings. The van der Waals surface area contributed by atoms with E-state index >= 15 is 0 Å². The van der Waals surface area contributed by atoms with Crippen LogP contribution in [0, 0.1) is 5.82 Å². The first kappa shape index (κ1) is 14.2. The van der Waals surface area contributed by atoms with Crippen molar-refractivity contribution in [2.45, 2.75) is 6.54 Å². The Labute approximate surface area is 117 Å². The second-order valence-corrected chi connectivity index (χ2v) is 4.43. The van der Waals surface area contributed by atoms with E-state index in [0.29, 0.717) is 12.8 Å². The van der Waals surface area contributed by atoms with Crippen LogP contribution in [-0.4, -0.2) is 24.5 Å². The minimum absolute atomic E-state index is 0.112. The zero-order valence-electron chi connectivity index (χ0n) is 11.0. The minimum atomic E-state index is -0.459. The third kappa shape index (κ3) is 3.22. The number of hydrogen-bond acceptors (Lipinski definition) is 3. The van der Waals surface area contributed by atoms with Crippen LogP contribution in [0.15, 0.2) is 48.5 Å². The first-order valence-corrected chi connectivity index (χ1v) is 6.39. The summed E-state index contributed by atoms with van der Waals surface area (Å²) in [7, 11) is 0. The van der Waals surface area contributed by atoms with Crippen molar-refractivity contribution < 1.29 is 14.3 Å². The lowest BCUT2D eigenvalue weighted by Gasteiger charge is -2.25. The predicted octanol–water partition coefficient (Wildman–Crippen LogP) is 2.64. The van der Waals surface area contributed by atoms with Gasteiger partial charge in [-0.2, -0.15) is 0 Å². The normalized spacial score (nSPS) is 10.3. The quantitative estimate of drug-likeness (QED) is 0.823. The zero-order valence-corrected chi connectivity index (χ0v) is 11.0. The molecule has 2 rings (SSSR count). The van der Waals surface area contributed by atoms with Crippen LogP contribution in [0.5, 0.6) is 0 Å². The molecule has 20 heavy (non-hydrogen) atoms. The Morgan fingerprint density at radius 3 is 2.50 bits per heavy atom. The molecular formula is C16H16FNO2. The number of halogens is 1. The van der Waals surface area contributed by atoms with Crippen LogP contribution in [0.4, 0.5) is 10.1 Å². The molecule has 0 amide bonds. The van der Waals surface area contributed by atoms with Crippen molar-refractivity contribution in [3.05, 3.63) is 65.5 Å². The molecule has 0 bridgehead atoms. The van der Waals surface area contributed by atoms with Crippen LogP contribution in [0.25, 0.3) is 0 Å². The number of carbonyl (C=O) groups is 1. The average molecular weight is 273 g/mol. The summed E-state index contributed by atoms with van der Waals surface area (Å²) in [4.78, 5) is 12.8. The molecule has 0 radical (unpaired) electrons. The van der Waals surface area contributed by atoms with Gasteiger partial charge >= 0.3 is 0 Å². The fourth-order valence-electron chi connectivity index (χ4n) is 2.16. The summed E-state index contributed by atoms with van der Waals surface area (Å²) in [5.41, 5.74) is 1.51. The highest BCUT2D eigenvalue weighted by Gasteiger charge is 2.15. The van der Waals surface area contributed by atoms with Gasteiger partial charge in [-0.25, -0.2) is 4.39 Å². The second kappa shape index (κ2) is 6.82. The number of benzene rings is 2. The third-order valence-electron chi connectivity index (χ3n) is 3.05. The lowest BCUT2D eigenvalue weighted by molar-refractivity contribution is 0.112. The van der Waals surface area contributed by atoms with E-state index < -0.39 is 5.82 Å². The molecule has 0 aromatic heterocycles. The van der Waals surface area contributed by atoms with E-state index in [-0.39, 0.29) is 24.4 Å². The number of anilines is 1. The highest BCUT2D eigenvalue weighted by molar-refractivity contribution is 5.84. The number of nitrogens with zero attached hydrogens (tertiary/aromatic N) is 1. The lowest BCUT2D eigenvalue weighted by Crippen LogP contribution is -2.28. The number of rotatable bonds is 6. The van der Waals surface area contributed by atoms with Gasteiger partial charge < -0.3 is 10.0 Å². The Kier molecular flexibility index (Phi) is 4.85. The summed E-state index contributed by atoms with van der Waals surface area (Å²) in [6, 6.07) is 13.9. The van der Waals surface area contributed by atoms with Gasteiger partial charge in [0.15, 0.2) is 6.29 Å². The standard InChI is InChI=1S/C16H16FNO2/c17-15-8-4-7-14(12-20)16(15)18(9-10-19)11-13-5-2-1-3-6-13/h1-8,12,19H,9-11H2. The molecule has 0 aliphatic heterocycles. The molecule has 104 valence electrons. The molecule has 4 heteroatoms. The molecule has 0 spiro atoms. The van der Waals surface area contributed by atoms with Crippen molar-refractivity contribution >= 4 is 12.0 Å². The monoisotopic (exact) mass is 273 g/mol. The van der Waals surface area contributed by atoms with Crippen molar-refractivity contribution in [2.75, 3.05) is 18.1 Å². The van der Waals surface area contributed by atoms with Crippen molar-refractivity contribution in [2.24, 2.45) is 0 Å². The highest BCUT2D eigenvalue weighted by Crippen LogP contribution is 2.24. The predicted molar refractivity (Wildman–Crippen MR) is 76.4 cm³/mol. The maximum atomic E-state index is 14.0. The summed E-state index contributed by atoms with van der Waals surface area (Å²) in [5.74, 6) is -0.459. The maximum absolute atomic E-state index is 14.0. The minimum Gasteiger partial charge on any atom is -0.395 e. The Morgan fingerprint density at radius 2 is 1.85 bits per heavy atom. The van der Waals surface area contributed by atoms with E-state index in [0.717, 1.165) is 5.56 Å². The van der Waals surface area contributed by atoms with Gasteiger partial charge in [0.1, 0.15) is 5.82 Å². The number of carbonyl (C=O) groups excluding carboxylic acids is 1. The fourth-order valence-corrected chi connectivity index (χ4v) is 2.16. The smallest absolute Gasteiger partial charge is 0.152 e. The van der Waals surface area contributed by atoms with Gasteiger partial charge in [0.25, 0.3) is 0 Å². The van der Waals surface area contributed by atoms with Crippen molar-refractivity contribution in [3.63, 3.8) is 0 Å². The number of hydrogen-bond donors (Lipinski definition) is 1. The van der Waals surface area contributed by atoms with Crippen molar-refractivity contribution in [1.29, 1.82) is 0 Å². The topological polar surface area (TPSA) is 40.5 Å². The summed E-state index contributed by atoms with van der Waals surface area (Å²) in [6.45, 7) is 0.583. The fraction of sp³-hybridized carbons (Fsp3) is 0.188. The van der Waals surface area contributed by atoms with Gasteiger partial charge in [-0.3, -0.25) is 4.79 Å². The molecule has 0 atom stereocenters.